The number of nitrogens with one attached hydrogen (secondary N) is 1. The monoisotopic (exact) mass is 260 g/mol. The Labute approximate surface area is 116 Å². The average Bonchev–Trinajstić information content (AvgIpc) is 2.45. The molecule has 19 heavy (non-hydrogen) atoms. The van der Waals surface area contributed by atoms with Crippen molar-refractivity contribution in [3.8, 4) is 0 Å². The van der Waals surface area contributed by atoms with Gasteiger partial charge in [0.2, 0.25) is 5.91 Å². The number of carbonyl (C=O) groups is 1. The number of hydrogen-bond acceptors (Lipinski definition) is 2. The van der Waals surface area contributed by atoms with Crippen LogP contribution in [-0.4, -0.2) is 29.9 Å². The molecule has 0 radical (unpaired) electrons. The van der Waals surface area contributed by atoms with Gasteiger partial charge in [0.05, 0.1) is 0 Å². The molecule has 1 amide bonds. The zero-order chi connectivity index (χ0) is 13.7. The highest BCUT2D eigenvalue weighted by Gasteiger charge is 2.24. The fourth-order valence-corrected chi connectivity index (χ4v) is 2.57. The maximum atomic E-state index is 12.0. The SMILES string of the molecule is CC(C)C(=O)N1CCCC(NCc2ccccc2)C1. The van der Waals surface area contributed by atoms with Crippen molar-refractivity contribution in [3.05, 3.63) is 35.9 Å². The standard InChI is InChI=1S/C16H24N2O/c1-13(2)16(19)18-10-6-9-15(12-18)17-11-14-7-4-3-5-8-14/h3-5,7-8,13,15,17H,6,9-12H2,1-2H3. The number of carbonyl (C=O) groups excluding carboxylic acids is 1. The first-order chi connectivity index (χ1) is 9.16. The molecule has 104 valence electrons. The van der Waals surface area contributed by atoms with Gasteiger partial charge < -0.3 is 10.2 Å². The number of hydrogen-bond donors (Lipinski definition) is 1. The second kappa shape index (κ2) is 6.71. The summed E-state index contributed by atoms with van der Waals surface area (Å²) in [5.41, 5.74) is 1.30. The van der Waals surface area contributed by atoms with Crippen LogP contribution in [0.15, 0.2) is 30.3 Å². The van der Waals surface area contributed by atoms with Gasteiger partial charge in [-0.05, 0) is 18.4 Å². The number of rotatable bonds is 4. The van der Waals surface area contributed by atoms with Crippen LogP contribution in [0.3, 0.4) is 0 Å². The first kappa shape index (κ1) is 14.1. The molecule has 1 aromatic carbocycles. The molecule has 1 N–H and O–H groups in total. The Hall–Kier alpha value is -1.35. The third-order valence-corrected chi connectivity index (χ3v) is 3.66. The van der Waals surface area contributed by atoms with Crippen LogP contribution in [0.5, 0.6) is 0 Å². The largest absolute Gasteiger partial charge is 0.341 e. The lowest BCUT2D eigenvalue weighted by atomic mass is 10.0. The van der Waals surface area contributed by atoms with Crippen LogP contribution < -0.4 is 5.32 Å². The lowest BCUT2D eigenvalue weighted by molar-refractivity contribution is -0.135. The zero-order valence-electron chi connectivity index (χ0n) is 11.9. The van der Waals surface area contributed by atoms with Crippen LogP contribution in [0.4, 0.5) is 0 Å². The summed E-state index contributed by atoms with van der Waals surface area (Å²) in [6.45, 7) is 6.60. The van der Waals surface area contributed by atoms with Crippen molar-refractivity contribution >= 4 is 5.91 Å². The third-order valence-electron chi connectivity index (χ3n) is 3.66. The molecule has 0 spiro atoms. The predicted octanol–water partition coefficient (Wildman–Crippen LogP) is 2.42. The second-order valence-electron chi connectivity index (χ2n) is 5.64. The van der Waals surface area contributed by atoms with E-state index < -0.39 is 0 Å². The minimum absolute atomic E-state index is 0.105. The molecular weight excluding hydrogens is 236 g/mol. The Bertz CT molecular complexity index is 402. The predicted molar refractivity (Wildman–Crippen MR) is 77.7 cm³/mol. The summed E-state index contributed by atoms with van der Waals surface area (Å²) in [6.07, 6.45) is 2.26. The Kier molecular flexibility index (Phi) is 4.97. The van der Waals surface area contributed by atoms with Gasteiger partial charge in [-0.3, -0.25) is 4.79 Å². The van der Waals surface area contributed by atoms with Crippen LogP contribution in [0.25, 0.3) is 0 Å². The van der Waals surface area contributed by atoms with Crippen molar-refractivity contribution in [1.82, 2.24) is 10.2 Å². The smallest absolute Gasteiger partial charge is 0.225 e. The lowest BCUT2D eigenvalue weighted by Crippen LogP contribution is -2.48. The number of amides is 1. The van der Waals surface area contributed by atoms with Crippen LogP contribution in [0.1, 0.15) is 32.3 Å². The molecule has 1 aliphatic rings. The van der Waals surface area contributed by atoms with E-state index >= 15 is 0 Å². The highest BCUT2D eigenvalue weighted by atomic mass is 16.2. The molecule has 0 aliphatic carbocycles. The van der Waals surface area contributed by atoms with Crippen molar-refractivity contribution in [3.63, 3.8) is 0 Å². The van der Waals surface area contributed by atoms with E-state index in [0.717, 1.165) is 32.5 Å². The summed E-state index contributed by atoms with van der Waals surface area (Å²) >= 11 is 0. The van der Waals surface area contributed by atoms with Crippen molar-refractivity contribution in [2.45, 2.75) is 39.3 Å². The van der Waals surface area contributed by atoms with Gasteiger partial charge in [0, 0.05) is 31.6 Å². The summed E-state index contributed by atoms with van der Waals surface area (Å²) in [5.74, 6) is 0.388. The summed E-state index contributed by atoms with van der Waals surface area (Å²) in [7, 11) is 0. The molecule has 0 aromatic heterocycles. The molecule has 1 heterocycles. The molecule has 0 bridgehead atoms. The van der Waals surface area contributed by atoms with Gasteiger partial charge in [-0.15, -0.1) is 0 Å². The molecule has 1 aliphatic heterocycles. The molecule has 1 saturated heterocycles. The van der Waals surface area contributed by atoms with Crippen molar-refractivity contribution in [2.75, 3.05) is 13.1 Å². The van der Waals surface area contributed by atoms with E-state index in [1.165, 1.54) is 5.56 Å². The van der Waals surface area contributed by atoms with Gasteiger partial charge in [-0.2, -0.15) is 0 Å². The fourth-order valence-electron chi connectivity index (χ4n) is 2.57. The van der Waals surface area contributed by atoms with Crippen LogP contribution >= 0.6 is 0 Å². The fraction of sp³-hybridized carbons (Fsp3) is 0.562. The Balaban J connectivity index is 1.83. The van der Waals surface area contributed by atoms with E-state index in [9.17, 15) is 4.79 Å². The normalized spacial score (nSPS) is 19.7. The highest BCUT2D eigenvalue weighted by Crippen LogP contribution is 2.13. The summed E-state index contributed by atoms with van der Waals surface area (Å²) in [4.78, 5) is 14.0. The maximum Gasteiger partial charge on any atom is 0.225 e. The van der Waals surface area contributed by atoms with E-state index in [1.54, 1.807) is 0 Å². The number of piperidine rings is 1. The maximum absolute atomic E-state index is 12.0. The summed E-state index contributed by atoms with van der Waals surface area (Å²) in [6, 6.07) is 10.8. The van der Waals surface area contributed by atoms with E-state index in [0.29, 0.717) is 6.04 Å². The van der Waals surface area contributed by atoms with Crippen molar-refractivity contribution in [1.29, 1.82) is 0 Å². The molecular formula is C16H24N2O. The van der Waals surface area contributed by atoms with Gasteiger partial charge in [0.1, 0.15) is 0 Å². The molecule has 2 rings (SSSR count). The molecule has 3 heteroatoms. The van der Waals surface area contributed by atoms with Crippen LogP contribution in [0, 0.1) is 5.92 Å². The van der Waals surface area contributed by atoms with Crippen molar-refractivity contribution < 1.29 is 4.79 Å². The minimum atomic E-state index is 0.105. The quantitative estimate of drug-likeness (QED) is 0.901. The molecule has 1 aromatic rings. The van der Waals surface area contributed by atoms with Gasteiger partial charge in [-0.1, -0.05) is 44.2 Å². The molecule has 3 nitrogen and oxygen atoms in total. The Morgan fingerprint density at radius 1 is 1.37 bits per heavy atom. The number of benzene rings is 1. The first-order valence-corrected chi connectivity index (χ1v) is 7.23. The van der Waals surface area contributed by atoms with E-state index in [2.05, 4.69) is 29.6 Å². The summed E-state index contributed by atoms with van der Waals surface area (Å²) in [5, 5.41) is 3.57. The highest BCUT2D eigenvalue weighted by molar-refractivity contribution is 5.78. The van der Waals surface area contributed by atoms with Gasteiger partial charge in [0.15, 0.2) is 0 Å². The molecule has 1 atom stereocenters. The van der Waals surface area contributed by atoms with Crippen LogP contribution in [-0.2, 0) is 11.3 Å². The second-order valence-corrected chi connectivity index (χ2v) is 5.64. The average molecular weight is 260 g/mol. The zero-order valence-corrected chi connectivity index (χ0v) is 11.9. The Morgan fingerprint density at radius 2 is 2.11 bits per heavy atom. The van der Waals surface area contributed by atoms with E-state index in [-0.39, 0.29) is 11.8 Å². The molecule has 0 saturated carbocycles. The third kappa shape index (κ3) is 4.06. The van der Waals surface area contributed by atoms with E-state index in [4.69, 9.17) is 0 Å². The topological polar surface area (TPSA) is 32.3 Å². The van der Waals surface area contributed by atoms with Gasteiger partial charge >= 0.3 is 0 Å². The number of likely N-dealkylation sites (tertiary alicyclic amines) is 1. The molecule has 1 fully saturated rings. The summed E-state index contributed by atoms with van der Waals surface area (Å²) < 4.78 is 0. The van der Waals surface area contributed by atoms with Crippen LogP contribution in [0.2, 0.25) is 0 Å². The first-order valence-electron chi connectivity index (χ1n) is 7.23. The number of nitrogens with zero attached hydrogens (tertiary/aromatic N) is 1. The van der Waals surface area contributed by atoms with Crippen molar-refractivity contribution in [2.24, 2.45) is 5.92 Å². The minimum Gasteiger partial charge on any atom is -0.341 e. The van der Waals surface area contributed by atoms with Gasteiger partial charge in [0.25, 0.3) is 0 Å². The van der Waals surface area contributed by atoms with E-state index in [1.807, 2.05) is 24.8 Å². The lowest BCUT2D eigenvalue weighted by Gasteiger charge is -2.34. The Morgan fingerprint density at radius 3 is 2.79 bits per heavy atom. The van der Waals surface area contributed by atoms with Gasteiger partial charge in [-0.25, -0.2) is 0 Å². The molecule has 1 unspecified atom stereocenters.